The van der Waals surface area contributed by atoms with Crippen LogP contribution in [-0.2, 0) is 9.59 Å². The SMILES string of the molecule is CC(C)CN1[C@]2(CCC2=O)CC[C@@]12CNC2=O. The van der Waals surface area contributed by atoms with E-state index in [-0.39, 0.29) is 17.0 Å². The van der Waals surface area contributed by atoms with Gasteiger partial charge in [0, 0.05) is 19.5 Å². The molecule has 3 rings (SSSR count). The summed E-state index contributed by atoms with van der Waals surface area (Å²) in [4.78, 5) is 26.2. The van der Waals surface area contributed by atoms with Crippen molar-refractivity contribution in [3.63, 3.8) is 0 Å². The van der Waals surface area contributed by atoms with Gasteiger partial charge >= 0.3 is 0 Å². The number of carbonyl (C=O) groups is 2. The Hall–Kier alpha value is -0.900. The summed E-state index contributed by atoms with van der Waals surface area (Å²) in [7, 11) is 0. The summed E-state index contributed by atoms with van der Waals surface area (Å²) in [6, 6.07) is 0. The maximum atomic E-state index is 12.0. The van der Waals surface area contributed by atoms with E-state index in [4.69, 9.17) is 0 Å². The number of nitrogens with zero attached hydrogens (tertiary/aromatic N) is 1. The van der Waals surface area contributed by atoms with E-state index in [1.807, 2.05) is 0 Å². The molecule has 4 nitrogen and oxygen atoms in total. The van der Waals surface area contributed by atoms with Crippen molar-refractivity contribution in [3.05, 3.63) is 0 Å². The molecule has 94 valence electrons. The predicted octanol–water partition coefficient (Wildman–Crippen LogP) is 0.708. The van der Waals surface area contributed by atoms with Crippen LogP contribution in [0.15, 0.2) is 0 Å². The number of hydrogen-bond acceptors (Lipinski definition) is 3. The summed E-state index contributed by atoms with van der Waals surface area (Å²) in [6.07, 6.45) is 3.39. The largest absolute Gasteiger partial charge is 0.352 e. The highest BCUT2D eigenvalue weighted by atomic mass is 16.2. The third-order valence-electron chi connectivity index (χ3n) is 4.78. The molecule has 17 heavy (non-hydrogen) atoms. The van der Waals surface area contributed by atoms with E-state index in [0.29, 0.717) is 18.1 Å². The number of nitrogens with one attached hydrogen (secondary N) is 1. The van der Waals surface area contributed by atoms with Gasteiger partial charge in [0.25, 0.3) is 0 Å². The molecule has 3 aliphatic rings. The lowest BCUT2D eigenvalue weighted by atomic mass is 9.73. The zero-order valence-corrected chi connectivity index (χ0v) is 10.6. The highest BCUT2D eigenvalue weighted by molar-refractivity contribution is 5.99. The summed E-state index contributed by atoms with van der Waals surface area (Å²) in [5.41, 5.74) is -0.623. The Bertz CT molecular complexity index is 361. The van der Waals surface area contributed by atoms with Crippen LogP contribution >= 0.6 is 0 Å². The van der Waals surface area contributed by atoms with Crippen LogP contribution in [0.4, 0.5) is 0 Å². The molecule has 2 saturated heterocycles. The monoisotopic (exact) mass is 236 g/mol. The maximum Gasteiger partial charge on any atom is 0.242 e. The number of rotatable bonds is 2. The van der Waals surface area contributed by atoms with E-state index in [2.05, 4.69) is 24.1 Å². The lowest BCUT2D eigenvalue weighted by Crippen LogP contribution is -2.75. The highest BCUT2D eigenvalue weighted by Crippen LogP contribution is 2.51. The van der Waals surface area contributed by atoms with E-state index in [0.717, 1.165) is 32.4 Å². The first-order valence-electron chi connectivity index (χ1n) is 6.61. The minimum absolute atomic E-state index is 0.134. The van der Waals surface area contributed by atoms with Crippen molar-refractivity contribution in [1.82, 2.24) is 10.2 Å². The van der Waals surface area contributed by atoms with E-state index in [1.165, 1.54) is 0 Å². The summed E-state index contributed by atoms with van der Waals surface area (Å²) in [5.74, 6) is 0.980. The van der Waals surface area contributed by atoms with Crippen molar-refractivity contribution in [1.29, 1.82) is 0 Å². The Kier molecular flexibility index (Phi) is 2.18. The lowest BCUT2D eigenvalue weighted by Gasteiger charge is -2.53. The van der Waals surface area contributed by atoms with Crippen molar-refractivity contribution in [2.24, 2.45) is 5.92 Å². The zero-order valence-electron chi connectivity index (χ0n) is 10.6. The van der Waals surface area contributed by atoms with Gasteiger partial charge < -0.3 is 5.32 Å². The number of amides is 1. The molecule has 2 spiro atoms. The molecule has 3 fully saturated rings. The normalized spacial score (nSPS) is 40.9. The molecule has 0 unspecified atom stereocenters. The van der Waals surface area contributed by atoms with Crippen LogP contribution in [-0.4, -0.2) is 40.8 Å². The molecule has 4 heteroatoms. The minimum atomic E-state index is -0.347. The molecule has 0 aromatic heterocycles. The second-order valence-corrected chi connectivity index (χ2v) is 6.17. The quantitative estimate of drug-likeness (QED) is 0.718. The van der Waals surface area contributed by atoms with Crippen molar-refractivity contribution >= 4 is 11.7 Å². The van der Waals surface area contributed by atoms with E-state index < -0.39 is 0 Å². The van der Waals surface area contributed by atoms with Gasteiger partial charge in [-0.05, 0) is 25.2 Å². The van der Waals surface area contributed by atoms with Gasteiger partial charge in [-0.15, -0.1) is 0 Å². The molecule has 2 heterocycles. The first-order chi connectivity index (χ1) is 8.01. The molecule has 1 amide bonds. The van der Waals surface area contributed by atoms with Crippen molar-refractivity contribution in [3.8, 4) is 0 Å². The number of carbonyl (C=O) groups excluding carboxylic acids is 2. The van der Waals surface area contributed by atoms with Crippen LogP contribution in [0.3, 0.4) is 0 Å². The van der Waals surface area contributed by atoms with Gasteiger partial charge in [-0.25, -0.2) is 0 Å². The van der Waals surface area contributed by atoms with Gasteiger partial charge in [-0.1, -0.05) is 13.8 Å². The average Bonchev–Trinajstić information content (AvgIpc) is 2.64. The zero-order chi connectivity index (χ0) is 12.3. The predicted molar refractivity (Wildman–Crippen MR) is 63.5 cm³/mol. The fourth-order valence-corrected chi connectivity index (χ4v) is 3.66. The number of Topliss-reactive ketones (excluding diaryl/α,β-unsaturated/α-hetero) is 1. The Morgan fingerprint density at radius 1 is 1.24 bits per heavy atom. The molecule has 1 aliphatic carbocycles. The van der Waals surface area contributed by atoms with Gasteiger partial charge in [-0.3, -0.25) is 14.5 Å². The number of likely N-dealkylation sites (tertiary alicyclic amines) is 1. The first kappa shape index (κ1) is 11.2. The second-order valence-electron chi connectivity index (χ2n) is 6.17. The Morgan fingerprint density at radius 3 is 2.29 bits per heavy atom. The molecule has 2 atom stereocenters. The Balaban J connectivity index is 1.93. The fraction of sp³-hybridized carbons (Fsp3) is 0.846. The van der Waals surface area contributed by atoms with Crippen molar-refractivity contribution in [2.75, 3.05) is 13.1 Å². The molecule has 1 saturated carbocycles. The molecule has 0 aromatic carbocycles. The van der Waals surface area contributed by atoms with Crippen LogP contribution in [0, 0.1) is 5.92 Å². The number of ketones is 1. The minimum Gasteiger partial charge on any atom is -0.352 e. The van der Waals surface area contributed by atoms with E-state index >= 15 is 0 Å². The third-order valence-corrected chi connectivity index (χ3v) is 4.78. The molecular formula is C13H20N2O2. The molecule has 2 aliphatic heterocycles. The van der Waals surface area contributed by atoms with E-state index in [9.17, 15) is 9.59 Å². The third kappa shape index (κ3) is 1.22. The Labute approximate surface area is 102 Å². The first-order valence-corrected chi connectivity index (χ1v) is 6.61. The fourth-order valence-electron chi connectivity index (χ4n) is 3.66. The molecule has 0 bridgehead atoms. The Morgan fingerprint density at radius 2 is 1.94 bits per heavy atom. The van der Waals surface area contributed by atoms with Crippen molar-refractivity contribution in [2.45, 2.75) is 50.6 Å². The van der Waals surface area contributed by atoms with Gasteiger partial charge in [0.1, 0.15) is 5.54 Å². The maximum absolute atomic E-state index is 12.0. The smallest absolute Gasteiger partial charge is 0.242 e. The van der Waals surface area contributed by atoms with Gasteiger partial charge in [0.15, 0.2) is 5.78 Å². The number of hydrogen-bond donors (Lipinski definition) is 1. The van der Waals surface area contributed by atoms with Crippen LogP contribution in [0.5, 0.6) is 0 Å². The van der Waals surface area contributed by atoms with E-state index in [1.54, 1.807) is 0 Å². The van der Waals surface area contributed by atoms with Crippen LogP contribution < -0.4 is 5.32 Å². The van der Waals surface area contributed by atoms with Crippen molar-refractivity contribution < 1.29 is 9.59 Å². The van der Waals surface area contributed by atoms with Crippen LogP contribution in [0.1, 0.15) is 39.5 Å². The summed E-state index contributed by atoms with van der Waals surface area (Å²) in [6.45, 7) is 5.89. The molecular weight excluding hydrogens is 216 g/mol. The van der Waals surface area contributed by atoms with Gasteiger partial charge in [-0.2, -0.15) is 0 Å². The van der Waals surface area contributed by atoms with Gasteiger partial charge in [0.2, 0.25) is 5.91 Å². The molecule has 0 aromatic rings. The molecule has 1 N–H and O–H groups in total. The molecule has 0 radical (unpaired) electrons. The lowest BCUT2D eigenvalue weighted by molar-refractivity contribution is -0.155. The average molecular weight is 236 g/mol. The highest BCUT2D eigenvalue weighted by Gasteiger charge is 2.66. The number of β-lactam (4-membered cyclic amide) rings is 1. The van der Waals surface area contributed by atoms with Gasteiger partial charge in [0.05, 0.1) is 5.54 Å². The summed E-state index contributed by atoms with van der Waals surface area (Å²) in [5, 5.41) is 2.85. The topological polar surface area (TPSA) is 49.4 Å². The standard InChI is InChI=1S/C13H20N2O2/c1-9(2)7-15-12(4-3-10(12)16)5-6-13(15)8-14-11(13)17/h9H,3-8H2,1-2H3,(H,14,17)/t12-,13+/m1/s1. The summed E-state index contributed by atoms with van der Waals surface area (Å²) < 4.78 is 0. The van der Waals surface area contributed by atoms with Crippen LogP contribution in [0.25, 0.3) is 0 Å². The second kappa shape index (κ2) is 3.31. The van der Waals surface area contributed by atoms with Crippen LogP contribution in [0.2, 0.25) is 0 Å². The summed E-state index contributed by atoms with van der Waals surface area (Å²) >= 11 is 0.